The number of nitrogens with one attached hydrogen (secondary N) is 2. The Labute approximate surface area is 133 Å². The maximum absolute atomic E-state index is 12.3. The summed E-state index contributed by atoms with van der Waals surface area (Å²) in [5.74, 6) is 5.35. The number of halogens is 2. The fraction of sp³-hybridized carbons (Fsp3) is 0. The molecular weight excluding hydrogens is 412 g/mol. The van der Waals surface area contributed by atoms with Crippen molar-refractivity contribution in [1.29, 1.82) is 0 Å². The van der Waals surface area contributed by atoms with Gasteiger partial charge in [0.05, 0.1) is 0 Å². The lowest BCUT2D eigenvalue weighted by Gasteiger charge is -2.11. The standard InChI is InChI=1S/C11H10Br2N4O2S/c12-7-1-3-9(4-2-7)17-20(18,19)10-5-8(13)6-15-11(10)16-14/h1-6,17H,14H2,(H,15,16). The van der Waals surface area contributed by atoms with Crippen molar-refractivity contribution < 1.29 is 8.42 Å². The molecule has 0 aliphatic heterocycles. The zero-order valence-corrected chi connectivity index (χ0v) is 14.0. The Morgan fingerprint density at radius 2 is 1.75 bits per heavy atom. The lowest BCUT2D eigenvalue weighted by molar-refractivity contribution is 0.601. The van der Waals surface area contributed by atoms with E-state index < -0.39 is 10.0 Å². The van der Waals surface area contributed by atoms with E-state index in [2.05, 4.69) is 47.0 Å². The second kappa shape index (κ2) is 6.08. The number of hydrogen-bond acceptors (Lipinski definition) is 5. The minimum atomic E-state index is -3.79. The average molecular weight is 422 g/mol. The molecule has 0 spiro atoms. The summed E-state index contributed by atoms with van der Waals surface area (Å²) in [6.45, 7) is 0. The molecule has 2 rings (SSSR count). The van der Waals surface area contributed by atoms with Crippen LogP contribution in [0, 0.1) is 0 Å². The van der Waals surface area contributed by atoms with Crippen LogP contribution < -0.4 is 16.0 Å². The smallest absolute Gasteiger partial charge is 0.265 e. The topological polar surface area (TPSA) is 97.1 Å². The number of benzene rings is 1. The Balaban J connectivity index is 2.40. The Morgan fingerprint density at radius 1 is 1.10 bits per heavy atom. The van der Waals surface area contributed by atoms with Gasteiger partial charge >= 0.3 is 0 Å². The van der Waals surface area contributed by atoms with E-state index in [1.54, 1.807) is 24.3 Å². The summed E-state index contributed by atoms with van der Waals surface area (Å²) in [7, 11) is -3.79. The molecule has 0 radical (unpaired) electrons. The first-order chi connectivity index (χ1) is 9.42. The third kappa shape index (κ3) is 3.48. The molecule has 0 bridgehead atoms. The summed E-state index contributed by atoms with van der Waals surface area (Å²) in [5, 5.41) is 0. The predicted octanol–water partition coefficient (Wildman–Crippen LogP) is 2.69. The lowest BCUT2D eigenvalue weighted by Crippen LogP contribution is -2.18. The van der Waals surface area contributed by atoms with Crippen LogP contribution in [0.3, 0.4) is 0 Å². The molecular formula is C11H10Br2N4O2S. The van der Waals surface area contributed by atoms with E-state index in [4.69, 9.17) is 5.84 Å². The highest BCUT2D eigenvalue weighted by molar-refractivity contribution is 9.10. The molecule has 1 aromatic heterocycles. The minimum absolute atomic E-state index is 0.0442. The van der Waals surface area contributed by atoms with Crippen LogP contribution in [0.1, 0.15) is 0 Å². The zero-order chi connectivity index (χ0) is 14.8. The summed E-state index contributed by atoms with van der Waals surface area (Å²) in [6, 6.07) is 8.17. The van der Waals surface area contributed by atoms with Crippen LogP contribution >= 0.6 is 31.9 Å². The summed E-state index contributed by atoms with van der Waals surface area (Å²) in [4.78, 5) is 3.86. The van der Waals surface area contributed by atoms with E-state index in [-0.39, 0.29) is 10.7 Å². The van der Waals surface area contributed by atoms with E-state index in [9.17, 15) is 8.42 Å². The van der Waals surface area contributed by atoms with Crippen molar-refractivity contribution in [3.8, 4) is 0 Å². The number of sulfonamides is 1. The molecule has 1 aromatic carbocycles. The highest BCUT2D eigenvalue weighted by Gasteiger charge is 2.20. The SMILES string of the molecule is NNc1ncc(Br)cc1S(=O)(=O)Nc1ccc(Br)cc1. The molecule has 1 heterocycles. The van der Waals surface area contributed by atoms with Gasteiger partial charge in [0.25, 0.3) is 10.0 Å². The molecule has 106 valence electrons. The van der Waals surface area contributed by atoms with Crippen LogP contribution in [0.25, 0.3) is 0 Å². The Hall–Kier alpha value is -1.16. The number of hydrazine groups is 1. The Bertz CT molecular complexity index is 720. The molecule has 9 heteroatoms. The summed E-state index contributed by atoms with van der Waals surface area (Å²) in [6.07, 6.45) is 1.45. The van der Waals surface area contributed by atoms with Gasteiger partial charge in [-0.3, -0.25) is 4.72 Å². The lowest BCUT2D eigenvalue weighted by atomic mass is 10.3. The molecule has 0 aliphatic rings. The number of rotatable bonds is 4. The molecule has 20 heavy (non-hydrogen) atoms. The first kappa shape index (κ1) is 15.2. The summed E-state index contributed by atoms with van der Waals surface area (Å²) < 4.78 is 28.5. The second-order valence-corrected chi connectivity index (χ2v) is 7.24. The molecule has 4 N–H and O–H groups in total. The molecule has 2 aromatic rings. The second-order valence-electron chi connectivity index (χ2n) is 3.76. The van der Waals surface area contributed by atoms with Gasteiger partial charge in [0.2, 0.25) is 0 Å². The molecule has 0 aliphatic carbocycles. The Morgan fingerprint density at radius 3 is 2.35 bits per heavy atom. The fourth-order valence-corrected chi connectivity index (χ4v) is 3.41. The largest absolute Gasteiger partial charge is 0.307 e. The molecule has 0 fully saturated rings. The predicted molar refractivity (Wildman–Crippen MR) is 84.7 cm³/mol. The maximum atomic E-state index is 12.3. The van der Waals surface area contributed by atoms with Crippen LogP contribution in [0.5, 0.6) is 0 Å². The van der Waals surface area contributed by atoms with Gasteiger partial charge in [0.15, 0.2) is 5.82 Å². The first-order valence-electron chi connectivity index (χ1n) is 5.33. The third-order valence-electron chi connectivity index (χ3n) is 2.34. The van der Waals surface area contributed by atoms with Crippen molar-refractivity contribution in [2.24, 2.45) is 5.84 Å². The number of anilines is 2. The number of nitrogen functional groups attached to an aromatic ring is 1. The molecule has 0 unspecified atom stereocenters. The van der Waals surface area contributed by atoms with Gasteiger partial charge in [0.1, 0.15) is 4.90 Å². The van der Waals surface area contributed by atoms with Crippen molar-refractivity contribution >= 4 is 53.4 Å². The van der Waals surface area contributed by atoms with Crippen LogP contribution in [0.4, 0.5) is 11.5 Å². The van der Waals surface area contributed by atoms with Gasteiger partial charge in [0, 0.05) is 20.8 Å². The monoisotopic (exact) mass is 420 g/mol. The van der Waals surface area contributed by atoms with E-state index >= 15 is 0 Å². The van der Waals surface area contributed by atoms with Crippen molar-refractivity contribution in [1.82, 2.24) is 4.98 Å². The summed E-state index contributed by atoms with van der Waals surface area (Å²) >= 11 is 6.47. The average Bonchev–Trinajstić information content (AvgIpc) is 2.41. The van der Waals surface area contributed by atoms with Crippen LogP contribution in [-0.4, -0.2) is 13.4 Å². The molecule has 0 saturated carbocycles. The van der Waals surface area contributed by atoms with Crippen molar-refractivity contribution in [2.75, 3.05) is 10.1 Å². The van der Waals surface area contributed by atoms with E-state index in [1.807, 2.05) is 0 Å². The number of nitrogens with two attached hydrogens (primary N) is 1. The van der Waals surface area contributed by atoms with Crippen molar-refractivity contribution in [2.45, 2.75) is 4.90 Å². The molecule has 6 nitrogen and oxygen atoms in total. The van der Waals surface area contributed by atoms with Crippen LogP contribution in [0.15, 0.2) is 50.4 Å². The quantitative estimate of drug-likeness (QED) is 0.520. The molecule has 0 atom stereocenters. The van der Waals surface area contributed by atoms with E-state index in [1.165, 1.54) is 12.3 Å². The number of hydrogen-bond donors (Lipinski definition) is 3. The normalized spacial score (nSPS) is 11.2. The van der Waals surface area contributed by atoms with Crippen molar-refractivity contribution in [3.63, 3.8) is 0 Å². The Kier molecular flexibility index (Phi) is 4.63. The van der Waals surface area contributed by atoms with Gasteiger partial charge in [-0.25, -0.2) is 19.2 Å². The highest BCUT2D eigenvalue weighted by Crippen LogP contribution is 2.25. The maximum Gasteiger partial charge on any atom is 0.265 e. The number of pyridine rings is 1. The van der Waals surface area contributed by atoms with Gasteiger partial charge in [-0.05, 0) is 46.3 Å². The van der Waals surface area contributed by atoms with E-state index in [0.29, 0.717) is 10.2 Å². The van der Waals surface area contributed by atoms with Crippen LogP contribution in [-0.2, 0) is 10.0 Å². The van der Waals surface area contributed by atoms with Gasteiger partial charge in [-0.15, -0.1) is 0 Å². The van der Waals surface area contributed by atoms with Gasteiger partial charge in [-0.1, -0.05) is 15.9 Å². The number of aromatic nitrogens is 1. The third-order valence-corrected chi connectivity index (χ3v) is 4.70. The highest BCUT2D eigenvalue weighted by atomic mass is 79.9. The fourth-order valence-electron chi connectivity index (χ4n) is 1.46. The zero-order valence-electron chi connectivity index (χ0n) is 9.97. The van der Waals surface area contributed by atoms with Gasteiger partial charge in [-0.2, -0.15) is 0 Å². The minimum Gasteiger partial charge on any atom is -0.307 e. The summed E-state index contributed by atoms with van der Waals surface area (Å²) in [5.41, 5.74) is 2.71. The van der Waals surface area contributed by atoms with Gasteiger partial charge < -0.3 is 5.43 Å². The molecule has 0 saturated heterocycles. The van der Waals surface area contributed by atoms with Crippen LogP contribution in [0.2, 0.25) is 0 Å². The first-order valence-corrected chi connectivity index (χ1v) is 8.40. The number of nitrogens with zero attached hydrogens (tertiary/aromatic N) is 1. The van der Waals surface area contributed by atoms with E-state index in [0.717, 1.165) is 4.47 Å². The van der Waals surface area contributed by atoms with Crippen molar-refractivity contribution in [3.05, 3.63) is 45.5 Å². The molecule has 0 amide bonds.